The van der Waals surface area contributed by atoms with Gasteiger partial charge in [-0.05, 0) is 37.3 Å². The maximum Gasteiger partial charge on any atom is 0.267 e. The molecule has 134 valence electrons. The number of hydrogen-bond donors (Lipinski definition) is 1. The Balaban J connectivity index is 2.14. The number of anilines is 1. The van der Waals surface area contributed by atoms with Crippen LogP contribution in [0.3, 0.4) is 0 Å². The van der Waals surface area contributed by atoms with Crippen LogP contribution in [0.2, 0.25) is 0 Å². The molecule has 3 rings (SSSR count). The Labute approximate surface area is 149 Å². The van der Waals surface area contributed by atoms with Gasteiger partial charge in [0.25, 0.3) is 5.56 Å². The highest BCUT2D eigenvalue weighted by Crippen LogP contribution is 2.23. The Morgan fingerprint density at radius 2 is 1.96 bits per heavy atom. The summed E-state index contributed by atoms with van der Waals surface area (Å²) in [5, 5.41) is 2.94. The smallest absolute Gasteiger partial charge is 0.267 e. The third kappa shape index (κ3) is 3.20. The number of nitrogens with one attached hydrogen (secondary N) is 1. The molecule has 0 radical (unpaired) electrons. The summed E-state index contributed by atoms with van der Waals surface area (Å²) in [7, 11) is 0. The van der Waals surface area contributed by atoms with Gasteiger partial charge >= 0.3 is 0 Å². The number of hydrogen-bond acceptors (Lipinski definition) is 4. The molecule has 1 amide bonds. The quantitative estimate of drug-likeness (QED) is 0.767. The van der Waals surface area contributed by atoms with Crippen LogP contribution in [-0.2, 0) is 4.79 Å². The number of amides is 1. The van der Waals surface area contributed by atoms with Crippen LogP contribution in [0.1, 0.15) is 26.6 Å². The molecule has 0 saturated carbocycles. The molecule has 3 aromatic rings. The molecule has 0 saturated heterocycles. The molecule has 0 unspecified atom stereocenters. The summed E-state index contributed by atoms with van der Waals surface area (Å²) in [6.45, 7) is 6.88. The molecule has 2 aromatic heterocycles. The van der Waals surface area contributed by atoms with Gasteiger partial charge in [0.2, 0.25) is 5.91 Å². The minimum Gasteiger partial charge on any atom is -0.323 e. The van der Waals surface area contributed by atoms with Crippen LogP contribution in [-0.4, -0.2) is 20.4 Å². The van der Waals surface area contributed by atoms with E-state index in [1.54, 1.807) is 46.0 Å². The Morgan fingerprint density at radius 1 is 1.23 bits per heavy atom. The van der Waals surface area contributed by atoms with Gasteiger partial charge in [-0.2, -0.15) is 0 Å². The molecule has 0 aliphatic carbocycles. The average Bonchev–Trinajstić information content (AvgIpc) is 2.56. The van der Waals surface area contributed by atoms with Gasteiger partial charge in [0.05, 0.1) is 16.8 Å². The normalized spacial score (nSPS) is 11.6. The third-order valence-electron chi connectivity index (χ3n) is 3.95. The summed E-state index contributed by atoms with van der Waals surface area (Å²) in [6.07, 6.45) is 1.57. The first-order chi connectivity index (χ1) is 12.2. The molecule has 2 heterocycles. The number of aromatic nitrogens is 3. The summed E-state index contributed by atoms with van der Waals surface area (Å²) in [4.78, 5) is 33.4. The lowest BCUT2D eigenvalue weighted by Crippen LogP contribution is -2.28. The highest BCUT2D eigenvalue weighted by atomic mass is 19.1. The summed E-state index contributed by atoms with van der Waals surface area (Å²) < 4.78 is 15.5. The van der Waals surface area contributed by atoms with Crippen molar-refractivity contribution in [3.8, 4) is 5.69 Å². The van der Waals surface area contributed by atoms with E-state index in [9.17, 15) is 14.0 Å². The van der Waals surface area contributed by atoms with E-state index in [2.05, 4.69) is 15.3 Å². The van der Waals surface area contributed by atoms with Crippen molar-refractivity contribution in [3.05, 3.63) is 58.5 Å². The van der Waals surface area contributed by atoms with Crippen molar-refractivity contribution in [3.63, 3.8) is 0 Å². The number of nitrogens with zero attached hydrogens (tertiary/aromatic N) is 3. The van der Waals surface area contributed by atoms with Gasteiger partial charge in [0.1, 0.15) is 11.6 Å². The first-order valence-corrected chi connectivity index (χ1v) is 8.14. The molecule has 0 spiro atoms. The molecule has 26 heavy (non-hydrogen) atoms. The zero-order valence-corrected chi connectivity index (χ0v) is 15.0. The van der Waals surface area contributed by atoms with Gasteiger partial charge in [-0.25, -0.2) is 14.4 Å². The van der Waals surface area contributed by atoms with Crippen LogP contribution >= 0.6 is 0 Å². The fourth-order valence-electron chi connectivity index (χ4n) is 2.49. The average molecular weight is 354 g/mol. The van der Waals surface area contributed by atoms with E-state index >= 15 is 0 Å². The largest absolute Gasteiger partial charge is 0.323 e. The summed E-state index contributed by atoms with van der Waals surface area (Å²) in [5.41, 5.74) is -0.197. The van der Waals surface area contributed by atoms with Crippen molar-refractivity contribution < 1.29 is 9.18 Å². The van der Waals surface area contributed by atoms with E-state index in [1.807, 2.05) is 0 Å². The lowest BCUT2D eigenvalue weighted by Gasteiger charge is -2.19. The predicted octanol–water partition coefficient (Wildman–Crippen LogP) is 3.21. The van der Waals surface area contributed by atoms with Crippen LogP contribution < -0.4 is 10.9 Å². The topological polar surface area (TPSA) is 76.9 Å². The van der Waals surface area contributed by atoms with Gasteiger partial charge in [-0.15, -0.1) is 0 Å². The molecule has 1 N–H and O–H groups in total. The van der Waals surface area contributed by atoms with Gasteiger partial charge in [-0.3, -0.25) is 14.2 Å². The van der Waals surface area contributed by atoms with E-state index in [-0.39, 0.29) is 17.2 Å². The van der Waals surface area contributed by atoms with Crippen molar-refractivity contribution in [2.24, 2.45) is 5.41 Å². The summed E-state index contributed by atoms with van der Waals surface area (Å²) >= 11 is 0. The standard InChI is InChI=1S/C19H19FN4O2/c1-11-22-16-13(6-5-9-21-16)17(25)24(11)12-7-8-14(20)15(10-12)23-18(26)19(2,3)4/h5-10H,1-4H3,(H,23,26). The summed E-state index contributed by atoms with van der Waals surface area (Å²) in [6, 6.07) is 7.41. The van der Waals surface area contributed by atoms with Crippen LogP contribution in [0.4, 0.5) is 10.1 Å². The minimum absolute atomic E-state index is 0.0139. The number of carbonyl (C=O) groups is 1. The molecule has 0 aliphatic heterocycles. The zero-order chi connectivity index (χ0) is 19.1. The number of rotatable bonds is 2. The van der Waals surface area contributed by atoms with Crippen molar-refractivity contribution in [1.29, 1.82) is 0 Å². The van der Waals surface area contributed by atoms with Gasteiger partial charge in [0, 0.05) is 11.6 Å². The number of carbonyl (C=O) groups excluding carboxylic acids is 1. The second kappa shape index (κ2) is 6.33. The van der Waals surface area contributed by atoms with Crippen molar-refractivity contribution in [2.75, 3.05) is 5.32 Å². The van der Waals surface area contributed by atoms with Crippen molar-refractivity contribution in [2.45, 2.75) is 27.7 Å². The van der Waals surface area contributed by atoms with E-state index in [1.165, 1.54) is 22.8 Å². The van der Waals surface area contributed by atoms with Gasteiger partial charge in [-0.1, -0.05) is 20.8 Å². The Kier molecular flexibility index (Phi) is 4.31. The van der Waals surface area contributed by atoms with Crippen LogP contribution in [0.5, 0.6) is 0 Å². The zero-order valence-electron chi connectivity index (χ0n) is 15.0. The second-order valence-electron chi connectivity index (χ2n) is 7.04. The van der Waals surface area contributed by atoms with Crippen LogP contribution in [0.25, 0.3) is 16.7 Å². The highest BCUT2D eigenvalue weighted by molar-refractivity contribution is 5.94. The molecule has 0 aliphatic rings. The third-order valence-corrected chi connectivity index (χ3v) is 3.95. The molecular weight excluding hydrogens is 335 g/mol. The number of pyridine rings is 1. The Bertz CT molecular complexity index is 1070. The molecule has 0 fully saturated rings. The molecule has 6 nitrogen and oxygen atoms in total. The molecular formula is C19H19FN4O2. The second-order valence-corrected chi connectivity index (χ2v) is 7.04. The molecule has 7 heteroatoms. The molecule has 0 atom stereocenters. The van der Waals surface area contributed by atoms with E-state index < -0.39 is 11.2 Å². The fourth-order valence-corrected chi connectivity index (χ4v) is 2.49. The van der Waals surface area contributed by atoms with Crippen LogP contribution in [0, 0.1) is 18.2 Å². The lowest BCUT2D eigenvalue weighted by molar-refractivity contribution is -0.123. The van der Waals surface area contributed by atoms with Crippen molar-refractivity contribution >= 4 is 22.6 Å². The van der Waals surface area contributed by atoms with Crippen LogP contribution in [0.15, 0.2) is 41.3 Å². The molecule has 0 bridgehead atoms. The Hall–Kier alpha value is -3.09. The van der Waals surface area contributed by atoms with E-state index in [0.717, 1.165) is 0 Å². The Morgan fingerprint density at radius 3 is 2.65 bits per heavy atom. The number of benzene rings is 1. The first kappa shape index (κ1) is 17.7. The fraction of sp³-hybridized carbons (Fsp3) is 0.263. The SMILES string of the molecule is Cc1nc2ncccc2c(=O)n1-c1ccc(F)c(NC(=O)C(C)(C)C)c1. The summed E-state index contributed by atoms with van der Waals surface area (Å²) in [5.74, 6) is -0.480. The lowest BCUT2D eigenvalue weighted by atomic mass is 9.95. The van der Waals surface area contributed by atoms with Gasteiger partial charge < -0.3 is 5.32 Å². The van der Waals surface area contributed by atoms with Gasteiger partial charge in [0.15, 0.2) is 5.65 Å². The first-order valence-electron chi connectivity index (χ1n) is 8.14. The number of fused-ring (bicyclic) bond motifs is 1. The van der Waals surface area contributed by atoms with E-state index in [4.69, 9.17) is 0 Å². The number of aryl methyl sites for hydroxylation is 1. The van der Waals surface area contributed by atoms with E-state index in [0.29, 0.717) is 22.5 Å². The maximum absolute atomic E-state index is 14.2. The number of halogens is 1. The highest BCUT2D eigenvalue weighted by Gasteiger charge is 2.22. The molecule has 1 aromatic carbocycles. The van der Waals surface area contributed by atoms with Crippen molar-refractivity contribution in [1.82, 2.24) is 14.5 Å². The minimum atomic E-state index is -0.675. The predicted molar refractivity (Wildman–Crippen MR) is 97.9 cm³/mol. The monoisotopic (exact) mass is 354 g/mol. The maximum atomic E-state index is 14.2.